The van der Waals surface area contributed by atoms with Crippen molar-refractivity contribution in [1.29, 1.82) is 0 Å². The largest absolute Gasteiger partial charge is 0.342 e. The van der Waals surface area contributed by atoms with Crippen LogP contribution in [0.1, 0.15) is 25.7 Å². The summed E-state index contributed by atoms with van der Waals surface area (Å²) >= 11 is 12.0. The molecule has 0 bridgehead atoms. The summed E-state index contributed by atoms with van der Waals surface area (Å²) in [4.78, 5) is 27.4. The number of anilines is 1. The van der Waals surface area contributed by atoms with Crippen LogP contribution < -0.4 is 5.32 Å². The second-order valence-corrected chi connectivity index (χ2v) is 7.15. The summed E-state index contributed by atoms with van der Waals surface area (Å²) in [6.07, 6.45) is 7.25. The number of likely N-dealkylation sites (tertiary alicyclic amines) is 1. The Morgan fingerprint density at radius 2 is 1.71 bits per heavy atom. The summed E-state index contributed by atoms with van der Waals surface area (Å²) in [5.41, 5.74) is 0.521. The summed E-state index contributed by atoms with van der Waals surface area (Å²) < 4.78 is 0. The van der Waals surface area contributed by atoms with Crippen LogP contribution in [0.15, 0.2) is 30.4 Å². The van der Waals surface area contributed by atoms with Gasteiger partial charge in [-0.25, -0.2) is 0 Å². The Labute approximate surface area is 151 Å². The molecule has 1 aliphatic carbocycles. The van der Waals surface area contributed by atoms with Gasteiger partial charge in [-0.15, -0.1) is 0 Å². The van der Waals surface area contributed by atoms with Crippen LogP contribution >= 0.6 is 23.2 Å². The van der Waals surface area contributed by atoms with Gasteiger partial charge in [-0.3, -0.25) is 9.59 Å². The van der Waals surface area contributed by atoms with Gasteiger partial charge in [0, 0.05) is 18.1 Å². The number of benzene rings is 1. The lowest BCUT2D eigenvalue weighted by molar-refractivity contribution is -0.139. The maximum absolute atomic E-state index is 12.7. The van der Waals surface area contributed by atoms with Crippen molar-refractivity contribution in [2.24, 2.45) is 11.8 Å². The maximum Gasteiger partial charge on any atom is 0.228 e. The van der Waals surface area contributed by atoms with E-state index in [1.165, 1.54) is 0 Å². The highest BCUT2D eigenvalue weighted by Gasteiger charge is 2.37. The molecule has 2 atom stereocenters. The Bertz CT molecular complexity index is 669. The van der Waals surface area contributed by atoms with E-state index in [1.54, 1.807) is 18.2 Å². The van der Waals surface area contributed by atoms with Gasteiger partial charge in [-0.1, -0.05) is 35.4 Å². The molecule has 1 fully saturated rings. The van der Waals surface area contributed by atoms with Crippen molar-refractivity contribution < 1.29 is 9.59 Å². The molecule has 3 rings (SSSR count). The fourth-order valence-electron chi connectivity index (χ4n) is 3.37. The first-order chi connectivity index (χ1) is 11.6. The Balaban J connectivity index is 1.73. The highest BCUT2D eigenvalue weighted by atomic mass is 35.5. The Kier molecular flexibility index (Phi) is 5.47. The molecular weight excluding hydrogens is 347 g/mol. The lowest BCUT2D eigenvalue weighted by atomic mass is 9.81. The molecule has 1 aliphatic heterocycles. The predicted molar refractivity (Wildman–Crippen MR) is 96.3 cm³/mol. The van der Waals surface area contributed by atoms with E-state index < -0.39 is 0 Å². The number of hydrogen-bond acceptors (Lipinski definition) is 2. The molecule has 1 saturated heterocycles. The Hall–Kier alpha value is -1.52. The van der Waals surface area contributed by atoms with Crippen LogP contribution in [0.2, 0.25) is 10.0 Å². The second-order valence-electron chi connectivity index (χ2n) is 6.30. The third-order valence-electron chi connectivity index (χ3n) is 4.69. The molecule has 0 saturated carbocycles. The maximum atomic E-state index is 12.7. The summed E-state index contributed by atoms with van der Waals surface area (Å²) in [7, 11) is 0. The molecule has 0 aromatic heterocycles. The Morgan fingerprint density at radius 1 is 1.04 bits per heavy atom. The van der Waals surface area contributed by atoms with Crippen molar-refractivity contribution in [2.45, 2.75) is 25.7 Å². The molecule has 128 valence electrons. The van der Waals surface area contributed by atoms with Crippen LogP contribution in [0, 0.1) is 11.8 Å². The smallest absolute Gasteiger partial charge is 0.228 e. The van der Waals surface area contributed by atoms with Gasteiger partial charge in [0.1, 0.15) is 0 Å². The molecule has 2 amide bonds. The summed E-state index contributed by atoms with van der Waals surface area (Å²) in [5, 5.41) is 3.76. The van der Waals surface area contributed by atoms with Crippen LogP contribution in [0.3, 0.4) is 0 Å². The SMILES string of the molecule is O=C(Nc1ccc(Cl)cc1Cl)C1CC=CCC1C(=O)N1CCCC1. The molecule has 1 heterocycles. The van der Waals surface area contributed by atoms with Crippen LogP contribution in [0.25, 0.3) is 0 Å². The van der Waals surface area contributed by atoms with Crippen LogP contribution in [-0.4, -0.2) is 29.8 Å². The number of halogens is 2. The highest BCUT2D eigenvalue weighted by molar-refractivity contribution is 6.36. The molecule has 6 heteroatoms. The van der Waals surface area contributed by atoms with Gasteiger partial charge in [0.05, 0.1) is 22.5 Å². The van der Waals surface area contributed by atoms with E-state index in [9.17, 15) is 9.59 Å². The van der Waals surface area contributed by atoms with Crippen molar-refractivity contribution >= 4 is 40.7 Å². The van der Waals surface area contributed by atoms with Gasteiger partial charge in [0.25, 0.3) is 0 Å². The number of nitrogens with one attached hydrogen (secondary N) is 1. The molecule has 2 unspecified atom stereocenters. The van der Waals surface area contributed by atoms with Crippen molar-refractivity contribution in [3.63, 3.8) is 0 Å². The molecule has 24 heavy (non-hydrogen) atoms. The van der Waals surface area contributed by atoms with E-state index in [2.05, 4.69) is 5.32 Å². The number of amides is 2. The standard InChI is InChI=1S/C18H20Cl2N2O2/c19-12-7-8-16(15(20)11-12)21-17(23)13-5-1-2-6-14(13)18(24)22-9-3-4-10-22/h1-2,7-8,11,13-14H,3-6,9-10H2,(H,21,23). The van der Waals surface area contributed by atoms with Gasteiger partial charge in [0.15, 0.2) is 0 Å². The number of nitrogens with zero attached hydrogens (tertiary/aromatic N) is 1. The first kappa shape index (κ1) is 17.3. The minimum Gasteiger partial charge on any atom is -0.342 e. The normalized spacial score (nSPS) is 23.3. The van der Waals surface area contributed by atoms with E-state index in [-0.39, 0.29) is 23.7 Å². The van der Waals surface area contributed by atoms with Gasteiger partial charge < -0.3 is 10.2 Å². The van der Waals surface area contributed by atoms with Crippen LogP contribution in [0.5, 0.6) is 0 Å². The number of hydrogen-bond donors (Lipinski definition) is 1. The average Bonchev–Trinajstić information content (AvgIpc) is 3.11. The molecule has 1 N–H and O–H groups in total. The third-order valence-corrected chi connectivity index (χ3v) is 5.24. The van der Waals surface area contributed by atoms with Crippen LogP contribution in [0.4, 0.5) is 5.69 Å². The van der Waals surface area contributed by atoms with Gasteiger partial charge in [-0.2, -0.15) is 0 Å². The molecule has 4 nitrogen and oxygen atoms in total. The first-order valence-electron chi connectivity index (χ1n) is 8.26. The van der Waals surface area contributed by atoms with E-state index in [0.717, 1.165) is 25.9 Å². The predicted octanol–water partition coefficient (Wildman–Crippen LogP) is 4.14. The molecule has 0 radical (unpaired) electrons. The number of allylic oxidation sites excluding steroid dienone is 2. The third kappa shape index (κ3) is 3.76. The lowest BCUT2D eigenvalue weighted by Crippen LogP contribution is -2.42. The zero-order chi connectivity index (χ0) is 17.1. The number of carbonyl (C=O) groups is 2. The minimum atomic E-state index is -0.366. The second kappa shape index (κ2) is 7.58. The summed E-state index contributed by atoms with van der Waals surface area (Å²) in [6.45, 7) is 1.60. The van der Waals surface area contributed by atoms with Crippen molar-refractivity contribution in [3.05, 3.63) is 40.4 Å². The Morgan fingerprint density at radius 3 is 2.38 bits per heavy atom. The zero-order valence-electron chi connectivity index (χ0n) is 13.3. The van der Waals surface area contributed by atoms with Crippen molar-refractivity contribution in [3.8, 4) is 0 Å². The molecule has 1 aromatic rings. The summed E-state index contributed by atoms with van der Waals surface area (Å²) in [6, 6.07) is 4.95. The van der Waals surface area contributed by atoms with E-state index in [0.29, 0.717) is 28.6 Å². The molecule has 0 spiro atoms. The molecular formula is C18H20Cl2N2O2. The van der Waals surface area contributed by atoms with Crippen molar-refractivity contribution in [1.82, 2.24) is 4.90 Å². The fraction of sp³-hybridized carbons (Fsp3) is 0.444. The van der Waals surface area contributed by atoms with E-state index in [4.69, 9.17) is 23.2 Å². The number of carbonyl (C=O) groups excluding carboxylic acids is 2. The van der Waals surface area contributed by atoms with E-state index >= 15 is 0 Å². The van der Waals surface area contributed by atoms with Gasteiger partial charge in [0.2, 0.25) is 11.8 Å². The van der Waals surface area contributed by atoms with Gasteiger partial charge >= 0.3 is 0 Å². The average molecular weight is 367 g/mol. The fourth-order valence-corrected chi connectivity index (χ4v) is 3.82. The van der Waals surface area contributed by atoms with E-state index in [1.807, 2.05) is 17.1 Å². The molecule has 1 aromatic carbocycles. The topological polar surface area (TPSA) is 49.4 Å². The van der Waals surface area contributed by atoms with Gasteiger partial charge in [-0.05, 0) is 43.9 Å². The molecule has 2 aliphatic rings. The highest BCUT2D eigenvalue weighted by Crippen LogP contribution is 2.31. The number of rotatable bonds is 3. The summed E-state index contributed by atoms with van der Waals surface area (Å²) in [5.74, 6) is -0.727. The zero-order valence-corrected chi connectivity index (χ0v) is 14.8. The quantitative estimate of drug-likeness (QED) is 0.817. The lowest BCUT2D eigenvalue weighted by Gasteiger charge is -2.30. The monoisotopic (exact) mass is 366 g/mol. The van der Waals surface area contributed by atoms with Crippen LogP contribution in [-0.2, 0) is 9.59 Å². The minimum absolute atomic E-state index is 0.0965. The first-order valence-corrected chi connectivity index (χ1v) is 9.01. The van der Waals surface area contributed by atoms with Crippen molar-refractivity contribution in [2.75, 3.05) is 18.4 Å².